The van der Waals surface area contributed by atoms with Crippen molar-refractivity contribution in [3.63, 3.8) is 0 Å². The highest BCUT2D eigenvalue weighted by Crippen LogP contribution is 2.11. The van der Waals surface area contributed by atoms with E-state index in [0.29, 0.717) is 0 Å². The summed E-state index contributed by atoms with van der Waals surface area (Å²) >= 11 is 0. The van der Waals surface area contributed by atoms with Crippen LogP contribution in [0.3, 0.4) is 0 Å². The first-order valence-electron chi connectivity index (χ1n) is 6.19. The molecule has 5 nitrogen and oxygen atoms in total. The van der Waals surface area contributed by atoms with E-state index < -0.39 is 0 Å². The maximum Gasteiger partial charge on any atom is 0.188 e. The lowest BCUT2D eigenvalue weighted by Gasteiger charge is -2.14. The predicted molar refractivity (Wildman–Crippen MR) is 63.8 cm³/mol. The molecular weight excluding hydrogens is 202 g/mol. The average molecular weight is 225 g/mol. The van der Waals surface area contributed by atoms with Gasteiger partial charge < -0.3 is 5.32 Å². The molecule has 1 heterocycles. The van der Waals surface area contributed by atoms with Crippen molar-refractivity contribution >= 4 is 0 Å². The van der Waals surface area contributed by atoms with Crippen LogP contribution in [-0.4, -0.2) is 26.8 Å². The number of nitrogens with zero attached hydrogens (tertiary/aromatic N) is 4. The van der Waals surface area contributed by atoms with E-state index in [2.05, 4.69) is 34.6 Å². The standard InChI is InChI=1S/C11H23N5/c1-4-6-7-10(5-2)8-12-9-11-13-15-16(3)14-11/h10,12H,4-9H2,1-3H3. The van der Waals surface area contributed by atoms with Gasteiger partial charge in [-0.3, -0.25) is 0 Å². The minimum absolute atomic E-state index is 0.719. The molecule has 0 amide bonds. The Kier molecular flexibility index (Phi) is 6.00. The monoisotopic (exact) mass is 225 g/mol. The first kappa shape index (κ1) is 13.1. The summed E-state index contributed by atoms with van der Waals surface area (Å²) in [6.07, 6.45) is 5.15. The Labute approximate surface area is 97.6 Å². The fourth-order valence-corrected chi connectivity index (χ4v) is 1.73. The second-order valence-corrected chi connectivity index (χ2v) is 4.24. The molecule has 5 heteroatoms. The molecule has 1 unspecified atom stereocenters. The minimum Gasteiger partial charge on any atom is -0.309 e. The molecule has 1 N–H and O–H groups in total. The molecule has 0 saturated heterocycles. The Morgan fingerprint density at radius 1 is 1.38 bits per heavy atom. The van der Waals surface area contributed by atoms with Gasteiger partial charge in [0.2, 0.25) is 0 Å². The van der Waals surface area contributed by atoms with Crippen LogP contribution in [0.2, 0.25) is 0 Å². The summed E-state index contributed by atoms with van der Waals surface area (Å²) in [6.45, 7) is 6.26. The summed E-state index contributed by atoms with van der Waals surface area (Å²) < 4.78 is 0. The van der Waals surface area contributed by atoms with Gasteiger partial charge in [-0.05, 0) is 24.1 Å². The quantitative estimate of drug-likeness (QED) is 0.728. The van der Waals surface area contributed by atoms with Crippen molar-refractivity contribution < 1.29 is 0 Å². The van der Waals surface area contributed by atoms with Gasteiger partial charge in [0.15, 0.2) is 5.82 Å². The average Bonchev–Trinajstić information content (AvgIpc) is 2.69. The molecule has 0 aliphatic heterocycles. The van der Waals surface area contributed by atoms with Gasteiger partial charge >= 0.3 is 0 Å². The van der Waals surface area contributed by atoms with Crippen LogP contribution in [0.1, 0.15) is 45.4 Å². The van der Waals surface area contributed by atoms with Gasteiger partial charge in [-0.2, -0.15) is 4.80 Å². The van der Waals surface area contributed by atoms with Gasteiger partial charge in [-0.15, -0.1) is 10.2 Å². The molecule has 0 radical (unpaired) electrons. The number of unbranched alkanes of at least 4 members (excludes halogenated alkanes) is 1. The third kappa shape index (κ3) is 4.70. The first-order chi connectivity index (χ1) is 7.76. The number of hydrogen-bond acceptors (Lipinski definition) is 4. The lowest BCUT2D eigenvalue weighted by atomic mass is 9.99. The van der Waals surface area contributed by atoms with E-state index in [1.165, 1.54) is 30.5 Å². The molecule has 0 spiro atoms. The van der Waals surface area contributed by atoms with E-state index in [1.807, 2.05) is 0 Å². The summed E-state index contributed by atoms with van der Waals surface area (Å²) in [4.78, 5) is 1.49. The molecule has 0 bridgehead atoms. The summed E-state index contributed by atoms with van der Waals surface area (Å²) in [7, 11) is 1.78. The molecule has 0 aliphatic carbocycles. The molecular formula is C11H23N5. The van der Waals surface area contributed by atoms with Crippen molar-refractivity contribution in [2.45, 2.75) is 46.1 Å². The van der Waals surface area contributed by atoms with Crippen LogP contribution < -0.4 is 5.32 Å². The lowest BCUT2D eigenvalue weighted by Crippen LogP contribution is -2.22. The van der Waals surface area contributed by atoms with E-state index >= 15 is 0 Å². The van der Waals surface area contributed by atoms with Crippen LogP contribution in [0.4, 0.5) is 0 Å². The highest BCUT2D eigenvalue weighted by atomic mass is 15.6. The lowest BCUT2D eigenvalue weighted by molar-refractivity contribution is 0.416. The number of aryl methyl sites for hydroxylation is 1. The van der Waals surface area contributed by atoms with Gasteiger partial charge in [0.25, 0.3) is 0 Å². The topological polar surface area (TPSA) is 55.6 Å². The van der Waals surface area contributed by atoms with E-state index in [0.717, 1.165) is 24.8 Å². The highest BCUT2D eigenvalue weighted by molar-refractivity contribution is 4.75. The maximum atomic E-state index is 4.13. The van der Waals surface area contributed by atoms with Crippen LogP contribution in [-0.2, 0) is 13.6 Å². The first-order valence-corrected chi connectivity index (χ1v) is 6.19. The van der Waals surface area contributed by atoms with Gasteiger partial charge in [-0.25, -0.2) is 0 Å². The molecule has 16 heavy (non-hydrogen) atoms. The highest BCUT2D eigenvalue weighted by Gasteiger charge is 2.06. The smallest absolute Gasteiger partial charge is 0.188 e. The molecule has 1 aromatic heterocycles. The predicted octanol–water partition coefficient (Wildman–Crippen LogP) is 1.52. The van der Waals surface area contributed by atoms with E-state index in [-0.39, 0.29) is 0 Å². The zero-order valence-electron chi connectivity index (χ0n) is 10.6. The minimum atomic E-state index is 0.719. The second kappa shape index (κ2) is 7.33. The fourth-order valence-electron chi connectivity index (χ4n) is 1.73. The summed E-state index contributed by atoms with van der Waals surface area (Å²) in [5.74, 6) is 1.55. The molecule has 1 atom stereocenters. The number of aromatic nitrogens is 4. The molecule has 0 fully saturated rings. The molecule has 1 aromatic rings. The van der Waals surface area contributed by atoms with Crippen molar-refractivity contribution in [2.24, 2.45) is 13.0 Å². The number of tetrazole rings is 1. The Balaban J connectivity index is 2.17. The maximum absolute atomic E-state index is 4.13. The summed E-state index contributed by atoms with van der Waals surface area (Å²) in [5, 5.41) is 15.3. The zero-order chi connectivity index (χ0) is 11.8. The van der Waals surface area contributed by atoms with Crippen molar-refractivity contribution in [2.75, 3.05) is 6.54 Å². The summed E-state index contributed by atoms with van der Waals surface area (Å²) in [5.41, 5.74) is 0. The summed E-state index contributed by atoms with van der Waals surface area (Å²) in [6, 6.07) is 0. The molecule has 0 saturated carbocycles. The van der Waals surface area contributed by atoms with Gasteiger partial charge in [0.1, 0.15) is 0 Å². The van der Waals surface area contributed by atoms with Gasteiger partial charge in [0, 0.05) is 0 Å². The molecule has 0 aromatic carbocycles. The Morgan fingerprint density at radius 2 is 2.19 bits per heavy atom. The van der Waals surface area contributed by atoms with Crippen molar-refractivity contribution in [3.8, 4) is 0 Å². The molecule has 92 valence electrons. The Bertz CT molecular complexity index is 284. The largest absolute Gasteiger partial charge is 0.309 e. The van der Waals surface area contributed by atoms with Crippen molar-refractivity contribution in [1.82, 2.24) is 25.5 Å². The molecule has 1 rings (SSSR count). The van der Waals surface area contributed by atoms with Gasteiger partial charge in [0.05, 0.1) is 13.6 Å². The van der Waals surface area contributed by atoms with Crippen LogP contribution in [0.25, 0.3) is 0 Å². The van der Waals surface area contributed by atoms with E-state index in [1.54, 1.807) is 7.05 Å². The van der Waals surface area contributed by atoms with E-state index in [4.69, 9.17) is 0 Å². The normalized spacial score (nSPS) is 12.9. The van der Waals surface area contributed by atoms with Crippen molar-refractivity contribution in [3.05, 3.63) is 5.82 Å². The zero-order valence-corrected chi connectivity index (χ0v) is 10.6. The Hall–Kier alpha value is -0.970. The second-order valence-electron chi connectivity index (χ2n) is 4.24. The van der Waals surface area contributed by atoms with Crippen LogP contribution in [0.15, 0.2) is 0 Å². The van der Waals surface area contributed by atoms with Crippen LogP contribution in [0, 0.1) is 5.92 Å². The Morgan fingerprint density at radius 3 is 2.75 bits per heavy atom. The number of nitrogens with one attached hydrogen (secondary N) is 1. The third-order valence-corrected chi connectivity index (χ3v) is 2.81. The van der Waals surface area contributed by atoms with Crippen LogP contribution >= 0.6 is 0 Å². The number of rotatable bonds is 8. The van der Waals surface area contributed by atoms with E-state index in [9.17, 15) is 0 Å². The van der Waals surface area contributed by atoms with Crippen molar-refractivity contribution in [1.29, 1.82) is 0 Å². The van der Waals surface area contributed by atoms with Crippen LogP contribution in [0.5, 0.6) is 0 Å². The fraction of sp³-hybridized carbons (Fsp3) is 0.909. The van der Waals surface area contributed by atoms with Gasteiger partial charge in [-0.1, -0.05) is 33.1 Å². The SMILES string of the molecule is CCCCC(CC)CNCc1nnn(C)n1. The number of hydrogen-bond donors (Lipinski definition) is 1. The third-order valence-electron chi connectivity index (χ3n) is 2.81. The molecule has 0 aliphatic rings.